The lowest BCUT2D eigenvalue weighted by atomic mass is 10.1. The van der Waals surface area contributed by atoms with Gasteiger partial charge in [-0.05, 0) is 30.7 Å². The predicted molar refractivity (Wildman–Crippen MR) is 107 cm³/mol. The number of carbonyl (C=O) groups excluding carboxylic acids is 2. The first-order valence-electron chi connectivity index (χ1n) is 9.43. The summed E-state index contributed by atoms with van der Waals surface area (Å²) in [5.41, 5.74) is 2.17. The largest absolute Gasteiger partial charge is 0.350 e. The number of amides is 2. The number of hydrogen-bond donors (Lipinski definition) is 2. The van der Waals surface area contributed by atoms with Crippen molar-refractivity contribution < 1.29 is 9.59 Å². The number of hydrogen-bond acceptors (Lipinski definition) is 4. The minimum Gasteiger partial charge on any atom is -0.350 e. The van der Waals surface area contributed by atoms with Crippen molar-refractivity contribution in [2.24, 2.45) is 17.3 Å². The lowest BCUT2D eigenvalue weighted by Gasteiger charge is -2.05. The monoisotopic (exact) mass is 381 g/mol. The van der Waals surface area contributed by atoms with Crippen LogP contribution in [0.3, 0.4) is 0 Å². The highest BCUT2D eigenvalue weighted by atomic mass is 16.2. The molecule has 1 aromatic carbocycles. The van der Waals surface area contributed by atoms with Crippen LogP contribution in [0.4, 0.5) is 5.95 Å². The van der Waals surface area contributed by atoms with E-state index < -0.39 is 0 Å². The van der Waals surface area contributed by atoms with Gasteiger partial charge in [0.2, 0.25) is 17.8 Å². The second kappa shape index (κ2) is 7.96. The fourth-order valence-electron chi connectivity index (χ4n) is 3.46. The van der Waals surface area contributed by atoms with E-state index >= 15 is 0 Å². The Hall–Kier alpha value is -2.96. The predicted octanol–water partition coefficient (Wildman–Crippen LogP) is 2.77. The molecule has 1 saturated carbocycles. The van der Waals surface area contributed by atoms with Gasteiger partial charge in [0, 0.05) is 6.54 Å². The average Bonchev–Trinajstić information content (AvgIpc) is 2.95. The maximum atomic E-state index is 12.6. The molecule has 7 nitrogen and oxygen atoms in total. The van der Waals surface area contributed by atoms with Crippen LogP contribution in [0.5, 0.6) is 0 Å². The van der Waals surface area contributed by atoms with Crippen molar-refractivity contribution in [2.45, 2.75) is 40.8 Å². The molecule has 0 bridgehead atoms. The average molecular weight is 381 g/mol. The molecule has 1 aliphatic carbocycles. The molecule has 2 N–H and O–H groups in total. The first kappa shape index (κ1) is 19.8. The summed E-state index contributed by atoms with van der Waals surface area (Å²) in [6.45, 7) is 8.76. The molecule has 1 aliphatic rings. The standard InChI is InChI=1S/C21H27N5O2/c1-14(2)10-16-18(21(16,3)4)19(28)24-20-23-13-26(25-20)12-17(27)22-11-15-8-6-5-7-9-15/h5-10,13,16,18H,11-12H2,1-4H3,(H,22,27)(H,24,25,28). The van der Waals surface area contributed by atoms with Crippen LogP contribution in [-0.2, 0) is 22.7 Å². The van der Waals surface area contributed by atoms with Gasteiger partial charge in [-0.1, -0.05) is 55.8 Å². The maximum Gasteiger partial charge on any atom is 0.248 e. The lowest BCUT2D eigenvalue weighted by Crippen LogP contribution is -2.27. The molecule has 2 atom stereocenters. The van der Waals surface area contributed by atoms with Gasteiger partial charge in [-0.15, -0.1) is 5.10 Å². The van der Waals surface area contributed by atoms with Gasteiger partial charge in [-0.25, -0.2) is 9.67 Å². The summed E-state index contributed by atoms with van der Waals surface area (Å²) in [5, 5.41) is 9.80. The number of nitrogens with one attached hydrogen (secondary N) is 2. The van der Waals surface area contributed by atoms with Crippen molar-refractivity contribution >= 4 is 17.8 Å². The summed E-state index contributed by atoms with van der Waals surface area (Å²) in [4.78, 5) is 28.7. The highest BCUT2D eigenvalue weighted by Gasteiger charge is 2.60. The van der Waals surface area contributed by atoms with Crippen LogP contribution in [0.15, 0.2) is 48.3 Å². The minimum atomic E-state index is -0.168. The van der Waals surface area contributed by atoms with Crippen molar-refractivity contribution in [1.29, 1.82) is 0 Å². The number of nitrogens with zero attached hydrogens (tertiary/aromatic N) is 3. The Bertz CT molecular complexity index is 881. The van der Waals surface area contributed by atoms with Crippen molar-refractivity contribution in [1.82, 2.24) is 20.1 Å². The molecule has 0 aliphatic heterocycles. The van der Waals surface area contributed by atoms with E-state index in [1.54, 1.807) is 0 Å². The van der Waals surface area contributed by atoms with Gasteiger partial charge in [-0.3, -0.25) is 14.9 Å². The first-order chi connectivity index (χ1) is 13.3. The number of benzene rings is 1. The Kier molecular flexibility index (Phi) is 5.63. The van der Waals surface area contributed by atoms with Gasteiger partial charge in [0.15, 0.2) is 0 Å². The van der Waals surface area contributed by atoms with Gasteiger partial charge in [0.25, 0.3) is 0 Å². The fourth-order valence-corrected chi connectivity index (χ4v) is 3.46. The molecule has 1 aromatic heterocycles. The summed E-state index contributed by atoms with van der Waals surface area (Å²) >= 11 is 0. The quantitative estimate of drug-likeness (QED) is 0.722. The Morgan fingerprint density at radius 2 is 1.93 bits per heavy atom. The van der Waals surface area contributed by atoms with E-state index in [0.29, 0.717) is 6.54 Å². The maximum absolute atomic E-state index is 12.6. The molecule has 7 heteroatoms. The Labute approximate surface area is 165 Å². The van der Waals surface area contributed by atoms with Crippen molar-refractivity contribution in [3.8, 4) is 0 Å². The molecular formula is C21H27N5O2. The first-order valence-corrected chi connectivity index (χ1v) is 9.43. The Balaban J connectivity index is 1.51. The van der Waals surface area contributed by atoms with Gasteiger partial charge in [0.1, 0.15) is 12.9 Å². The third-order valence-electron chi connectivity index (χ3n) is 5.12. The molecule has 1 heterocycles. The topological polar surface area (TPSA) is 88.9 Å². The van der Waals surface area contributed by atoms with Crippen LogP contribution >= 0.6 is 0 Å². The summed E-state index contributed by atoms with van der Waals surface area (Å²) < 4.78 is 1.42. The normalized spacial score (nSPS) is 19.6. The zero-order valence-electron chi connectivity index (χ0n) is 16.8. The van der Waals surface area contributed by atoms with E-state index in [1.165, 1.54) is 16.6 Å². The number of rotatable bonds is 7. The second-order valence-electron chi connectivity index (χ2n) is 8.09. The van der Waals surface area contributed by atoms with E-state index in [-0.39, 0.29) is 41.6 Å². The zero-order valence-corrected chi connectivity index (χ0v) is 16.8. The van der Waals surface area contributed by atoms with Crippen molar-refractivity contribution in [3.05, 3.63) is 53.9 Å². The summed E-state index contributed by atoms with van der Waals surface area (Å²) in [5.74, 6) is 0.101. The fraction of sp³-hybridized carbons (Fsp3) is 0.429. The number of anilines is 1. The summed E-state index contributed by atoms with van der Waals surface area (Å²) in [6, 6.07) is 9.69. The molecule has 148 valence electrons. The van der Waals surface area contributed by atoms with Gasteiger partial charge in [-0.2, -0.15) is 0 Å². The van der Waals surface area contributed by atoms with Crippen LogP contribution in [0.25, 0.3) is 0 Å². The van der Waals surface area contributed by atoms with Gasteiger partial charge >= 0.3 is 0 Å². The molecule has 2 unspecified atom stereocenters. The van der Waals surface area contributed by atoms with Crippen molar-refractivity contribution in [2.75, 3.05) is 5.32 Å². The van der Waals surface area contributed by atoms with E-state index in [2.05, 4.69) is 40.6 Å². The lowest BCUT2D eigenvalue weighted by molar-refractivity contribution is -0.122. The highest BCUT2D eigenvalue weighted by molar-refractivity contribution is 5.94. The smallest absolute Gasteiger partial charge is 0.248 e. The van der Waals surface area contributed by atoms with Crippen LogP contribution in [0, 0.1) is 17.3 Å². The molecular weight excluding hydrogens is 354 g/mol. The molecule has 0 radical (unpaired) electrons. The number of carbonyl (C=O) groups is 2. The third kappa shape index (κ3) is 4.65. The molecule has 0 saturated heterocycles. The summed E-state index contributed by atoms with van der Waals surface area (Å²) in [7, 11) is 0. The number of allylic oxidation sites excluding steroid dienone is 2. The SMILES string of the molecule is CC(C)=CC1C(C(=O)Nc2ncn(CC(=O)NCc3ccccc3)n2)C1(C)C. The number of aromatic nitrogens is 3. The zero-order chi connectivity index (χ0) is 20.3. The molecule has 3 rings (SSSR count). The summed E-state index contributed by atoms with van der Waals surface area (Å²) in [6.07, 6.45) is 3.59. The van der Waals surface area contributed by atoms with Gasteiger partial charge < -0.3 is 5.32 Å². The van der Waals surface area contributed by atoms with Crippen LogP contribution in [-0.4, -0.2) is 26.6 Å². The molecule has 28 heavy (non-hydrogen) atoms. The van der Waals surface area contributed by atoms with Crippen molar-refractivity contribution in [3.63, 3.8) is 0 Å². The third-order valence-corrected chi connectivity index (χ3v) is 5.12. The van der Waals surface area contributed by atoms with E-state index in [0.717, 1.165) is 5.56 Å². The van der Waals surface area contributed by atoms with Crippen LogP contribution in [0.1, 0.15) is 33.3 Å². The molecule has 2 aromatic rings. The highest BCUT2D eigenvalue weighted by Crippen LogP contribution is 2.59. The van der Waals surface area contributed by atoms with E-state index in [1.807, 2.05) is 44.2 Å². The van der Waals surface area contributed by atoms with E-state index in [9.17, 15) is 9.59 Å². The van der Waals surface area contributed by atoms with Gasteiger partial charge in [0.05, 0.1) is 5.92 Å². The van der Waals surface area contributed by atoms with Crippen LogP contribution in [0.2, 0.25) is 0 Å². The molecule has 1 fully saturated rings. The Morgan fingerprint density at radius 1 is 1.21 bits per heavy atom. The molecule has 0 spiro atoms. The molecule has 2 amide bonds. The van der Waals surface area contributed by atoms with Crippen LogP contribution < -0.4 is 10.6 Å². The Morgan fingerprint density at radius 3 is 2.61 bits per heavy atom. The second-order valence-corrected chi connectivity index (χ2v) is 8.09. The minimum absolute atomic E-state index is 0.0466. The van der Waals surface area contributed by atoms with E-state index in [4.69, 9.17) is 0 Å².